The van der Waals surface area contributed by atoms with Gasteiger partial charge in [-0.3, -0.25) is 14.4 Å². The molecule has 0 radical (unpaired) electrons. The number of aliphatic hydroxyl groups excluding tert-OH is 1. The third kappa shape index (κ3) is 4.68. The Morgan fingerprint density at radius 2 is 2.05 bits per heavy atom. The molecule has 3 fully saturated rings. The second kappa shape index (κ2) is 11.7. The lowest BCUT2D eigenvalue weighted by Crippen LogP contribution is -2.60. The summed E-state index contributed by atoms with van der Waals surface area (Å²) >= 11 is 6.63. The van der Waals surface area contributed by atoms with E-state index in [0.29, 0.717) is 36.4 Å². The number of aliphatic hydroxyl groups is 1. The number of benzene rings is 1. The van der Waals surface area contributed by atoms with Crippen molar-refractivity contribution in [2.45, 2.75) is 76.7 Å². The number of fused-ring (bicyclic) bond motifs is 1. The topological polar surface area (TPSA) is 96.4 Å². The molecule has 3 heterocycles. The quantitative estimate of drug-likeness (QED) is 0.226. The van der Waals surface area contributed by atoms with E-state index in [0.717, 1.165) is 5.56 Å². The van der Waals surface area contributed by atoms with Crippen molar-refractivity contribution in [2.24, 2.45) is 17.8 Å². The van der Waals surface area contributed by atoms with Crippen molar-refractivity contribution >= 4 is 35.1 Å². The molecule has 0 saturated carbocycles. The molecule has 218 valence electrons. The number of ether oxygens (including phenoxy) is 2. The fraction of sp³-hybridized carbons (Fsp3) is 0.581. The molecule has 3 saturated heterocycles. The average Bonchev–Trinajstić information content (AvgIpc) is 3.49. The fourth-order valence-corrected chi connectivity index (χ4v) is 7.36. The van der Waals surface area contributed by atoms with Gasteiger partial charge >= 0.3 is 5.97 Å². The Morgan fingerprint density at radius 3 is 2.65 bits per heavy atom. The molecule has 3 aliphatic heterocycles. The van der Waals surface area contributed by atoms with Crippen LogP contribution in [0.1, 0.15) is 52.0 Å². The Balaban J connectivity index is 1.87. The number of carbonyl (C=O) groups is 3. The first kappa shape index (κ1) is 30.3. The summed E-state index contributed by atoms with van der Waals surface area (Å²) in [5.74, 6) is -3.14. The van der Waals surface area contributed by atoms with Crippen LogP contribution in [-0.4, -0.2) is 70.8 Å². The minimum Gasteiger partial charge on any atom is -0.465 e. The number of nitrogens with zero attached hydrogens (tertiary/aromatic N) is 2. The minimum atomic E-state index is -1.25. The third-order valence-electron chi connectivity index (χ3n) is 9.15. The summed E-state index contributed by atoms with van der Waals surface area (Å²) in [6.07, 6.45) is 5.36. The van der Waals surface area contributed by atoms with E-state index in [9.17, 15) is 19.5 Å². The lowest BCUT2D eigenvalue weighted by atomic mass is 9.66. The SMILES string of the molecule is C=CCCOC(=O)[C@H]1[C@H]2C(=O)N([C@@H](CO)[C@@H](C)CC)C(C(=O)N(CC=C)c3c(C)cccc3Cl)C23CC[C@]1(C)O3. The second-order valence-corrected chi connectivity index (χ2v) is 11.9. The van der Waals surface area contributed by atoms with E-state index >= 15 is 0 Å². The maximum atomic E-state index is 14.8. The van der Waals surface area contributed by atoms with Crippen LogP contribution in [0.4, 0.5) is 5.69 Å². The molecule has 2 bridgehead atoms. The molecule has 0 aliphatic carbocycles. The largest absolute Gasteiger partial charge is 0.465 e. The molecule has 2 unspecified atom stereocenters. The van der Waals surface area contributed by atoms with Crippen molar-refractivity contribution in [3.05, 3.63) is 54.1 Å². The number of amides is 2. The van der Waals surface area contributed by atoms with Gasteiger partial charge in [0.1, 0.15) is 17.6 Å². The van der Waals surface area contributed by atoms with Crippen molar-refractivity contribution in [1.82, 2.24) is 4.90 Å². The van der Waals surface area contributed by atoms with Crippen LogP contribution < -0.4 is 4.90 Å². The number of para-hydroxylation sites is 1. The molecule has 40 heavy (non-hydrogen) atoms. The number of carbonyl (C=O) groups excluding carboxylic acids is 3. The molecule has 4 rings (SSSR count). The summed E-state index contributed by atoms with van der Waals surface area (Å²) in [6.45, 7) is 15.1. The van der Waals surface area contributed by atoms with Gasteiger partial charge in [-0.15, -0.1) is 13.2 Å². The average molecular weight is 573 g/mol. The number of likely N-dealkylation sites (tertiary alicyclic amines) is 1. The lowest BCUT2D eigenvalue weighted by Gasteiger charge is -2.41. The summed E-state index contributed by atoms with van der Waals surface area (Å²) in [5, 5.41) is 11.0. The normalized spacial score (nSPS) is 30.1. The molecule has 7 atom stereocenters. The predicted octanol–water partition coefficient (Wildman–Crippen LogP) is 4.46. The highest BCUT2D eigenvalue weighted by molar-refractivity contribution is 6.34. The van der Waals surface area contributed by atoms with E-state index in [2.05, 4.69) is 13.2 Å². The first-order valence-electron chi connectivity index (χ1n) is 14.1. The van der Waals surface area contributed by atoms with E-state index in [-0.39, 0.29) is 37.5 Å². The van der Waals surface area contributed by atoms with Crippen molar-refractivity contribution in [3.63, 3.8) is 0 Å². The van der Waals surface area contributed by atoms with Crippen molar-refractivity contribution in [2.75, 3.05) is 24.7 Å². The maximum absolute atomic E-state index is 14.8. The number of anilines is 1. The van der Waals surface area contributed by atoms with Gasteiger partial charge in [0.05, 0.1) is 41.5 Å². The summed E-state index contributed by atoms with van der Waals surface area (Å²) in [7, 11) is 0. The molecule has 1 aromatic carbocycles. The monoisotopic (exact) mass is 572 g/mol. The van der Waals surface area contributed by atoms with Crippen molar-refractivity contribution < 1.29 is 29.0 Å². The van der Waals surface area contributed by atoms with Gasteiger partial charge in [-0.1, -0.05) is 56.2 Å². The van der Waals surface area contributed by atoms with Crippen LogP contribution >= 0.6 is 11.6 Å². The van der Waals surface area contributed by atoms with Crippen LogP contribution in [0.15, 0.2) is 43.5 Å². The fourth-order valence-electron chi connectivity index (χ4n) is 7.04. The van der Waals surface area contributed by atoms with Crippen LogP contribution in [0.5, 0.6) is 0 Å². The molecule has 1 N–H and O–H groups in total. The Kier molecular flexibility index (Phi) is 8.83. The summed E-state index contributed by atoms with van der Waals surface area (Å²) in [4.78, 5) is 45.8. The van der Waals surface area contributed by atoms with E-state index < -0.39 is 41.1 Å². The van der Waals surface area contributed by atoms with Gasteiger partial charge in [0, 0.05) is 6.54 Å². The van der Waals surface area contributed by atoms with Gasteiger partial charge in [0.15, 0.2) is 0 Å². The molecule has 2 amide bonds. The molecule has 3 aliphatic rings. The van der Waals surface area contributed by atoms with Gasteiger partial charge in [-0.25, -0.2) is 0 Å². The number of esters is 1. The smallest absolute Gasteiger partial charge is 0.312 e. The Hall–Kier alpha value is -2.68. The Bertz CT molecular complexity index is 1170. The van der Waals surface area contributed by atoms with Crippen molar-refractivity contribution in [1.29, 1.82) is 0 Å². The zero-order chi connectivity index (χ0) is 29.4. The molecule has 1 aromatic rings. The molecule has 0 aromatic heterocycles. The number of halogens is 1. The maximum Gasteiger partial charge on any atom is 0.312 e. The van der Waals surface area contributed by atoms with Gasteiger partial charge in [-0.05, 0) is 50.7 Å². The van der Waals surface area contributed by atoms with Crippen LogP contribution in [0.3, 0.4) is 0 Å². The first-order chi connectivity index (χ1) is 19.0. The second-order valence-electron chi connectivity index (χ2n) is 11.5. The first-order valence-corrected chi connectivity index (χ1v) is 14.5. The van der Waals surface area contributed by atoms with Gasteiger partial charge in [0.2, 0.25) is 5.91 Å². The zero-order valence-corrected chi connectivity index (χ0v) is 24.7. The van der Waals surface area contributed by atoms with Crippen molar-refractivity contribution in [3.8, 4) is 0 Å². The highest BCUT2D eigenvalue weighted by atomic mass is 35.5. The molecular formula is C31H41ClN2O6. The number of hydrogen-bond acceptors (Lipinski definition) is 6. The van der Waals surface area contributed by atoms with Crippen LogP contribution in [0, 0.1) is 24.7 Å². The number of hydrogen-bond donors (Lipinski definition) is 1. The van der Waals surface area contributed by atoms with E-state index in [1.807, 2.05) is 39.8 Å². The van der Waals surface area contributed by atoms with Gasteiger partial charge < -0.3 is 24.4 Å². The molecule has 8 nitrogen and oxygen atoms in total. The predicted molar refractivity (Wildman–Crippen MR) is 154 cm³/mol. The standard InChI is InChI=1S/C31H41ClN2O6/c1-7-10-17-39-29(38)24-23-27(36)34(22(18-35)19(4)9-3)26(31(23)15-14-30(24,6)40-31)28(37)33(16-8-2)25-20(5)12-11-13-21(25)32/h7-8,11-13,19,22-24,26,35H,1-2,9-10,14-18H2,3-6H3/t19-,22-,23-,24+,26?,30-,31?/m0/s1. The molecular weight excluding hydrogens is 532 g/mol. The zero-order valence-electron chi connectivity index (χ0n) is 23.9. The van der Waals surface area contributed by atoms with Crippen LogP contribution in [0.25, 0.3) is 0 Å². The Labute approximate surface area is 241 Å². The van der Waals surface area contributed by atoms with E-state index in [1.165, 1.54) is 4.90 Å². The summed E-state index contributed by atoms with van der Waals surface area (Å²) < 4.78 is 12.3. The summed E-state index contributed by atoms with van der Waals surface area (Å²) in [5.41, 5.74) is -0.879. The molecule has 9 heteroatoms. The lowest BCUT2D eigenvalue weighted by molar-refractivity contribution is -0.160. The summed E-state index contributed by atoms with van der Waals surface area (Å²) in [6, 6.07) is 3.69. The highest BCUT2D eigenvalue weighted by Crippen LogP contribution is 2.64. The van der Waals surface area contributed by atoms with E-state index in [1.54, 1.807) is 23.1 Å². The Morgan fingerprint density at radius 1 is 1.32 bits per heavy atom. The highest BCUT2D eigenvalue weighted by Gasteiger charge is 2.79. The minimum absolute atomic E-state index is 0.111. The molecule has 1 spiro atoms. The van der Waals surface area contributed by atoms with Gasteiger partial charge in [0.25, 0.3) is 5.91 Å². The third-order valence-corrected chi connectivity index (χ3v) is 9.45. The van der Waals surface area contributed by atoms with E-state index in [4.69, 9.17) is 21.1 Å². The van der Waals surface area contributed by atoms with Crippen LogP contribution in [0.2, 0.25) is 5.02 Å². The number of aryl methyl sites for hydroxylation is 1. The van der Waals surface area contributed by atoms with Crippen LogP contribution in [-0.2, 0) is 23.9 Å². The van der Waals surface area contributed by atoms with Gasteiger partial charge in [-0.2, -0.15) is 0 Å². The number of rotatable bonds is 12.